The monoisotopic (exact) mass is 259 g/mol. The van der Waals surface area contributed by atoms with E-state index in [0.717, 1.165) is 13.0 Å². The van der Waals surface area contributed by atoms with Gasteiger partial charge >= 0.3 is 0 Å². The van der Waals surface area contributed by atoms with Crippen molar-refractivity contribution >= 4 is 11.3 Å². The SMILES string of the molecule is CCC(C)(C)NCc1cc(-c2ccccc2)cs1. The Kier molecular flexibility index (Phi) is 4.20. The molecule has 0 radical (unpaired) electrons. The minimum absolute atomic E-state index is 0.219. The summed E-state index contributed by atoms with van der Waals surface area (Å²) in [6.45, 7) is 7.67. The van der Waals surface area contributed by atoms with E-state index < -0.39 is 0 Å². The fourth-order valence-corrected chi connectivity index (χ4v) is 2.54. The van der Waals surface area contributed by atoms with E-state index >= 15 is 0 Å². The highest BCUT2D eigenvalue weighted by Gasteiger charge is 2.13. The molecule has 2 heteroatoms. The zero-order valence-corrected chi connectivity index (χ0v) is 12.2. The van der Waals surface area contributed by atoms with Crippen molar-refractivity contribution in [2.45, 2.75) is 39.3 Å². The van der Waals surface area contributed by atoms with E-state index in [1.807, 2.05) is 11.3 Å². The molecular weight excluding hydrogens is 238 g/mol. The fraction of sp³-hybridized carbons (Fsp3) is 0.375. The third kappa shape index (κ3) is 3.44. The molecule has 0 spiro atoms. The van der Waals surface area contributed by atoms with Crippen LogP contribution in [0.3, 0.4) is 0 Å². The minimum Gasteiger partial charge on any atom is -0.307 e. The lowest BCUT2D eigenvalue weighted by atomic mass is 10.0. The van der Waals surface area contributed by atoms with Crippen LogP contribution in [0.5, 0.6) is 0 Å². The molecule has 96 valence electrons. The van der Waals surface area contributed by atoms with Crippen molar-refractivity contribution in [3.63, 3.8) is 0 Å². The Hall–Kier alpha value is -1.12. The quantitative estimate of drug-likeness (QED) is 0.821. The first kappa shape index (κ1) is 13.3. The fourth-order valence-electron chi connectivity index (χ4n) is 1.71. The van der Waals surface area contributed by atoms with Crippen LogP contribution < -0.4 is 5.32 Å². The van der Waals surface area contributed by atoms with Crippen LogP contribution >= 0.6 is 11.3 Å². The van der Waals surface area contributed by atoms with Crippen molar-refractivity contribution < 1.29 is 0 Å². The second kappa shape index (κ2) is 5.68. The number of thiophene rings is 1. The smallest absolute Gasteiger partial charge is 0.0304 e. The van der Waals surface area contributed by atoms with Gasteiger partial charge in [0.2, 0.25) is 0 Å². The third-order valence-corrected chi connectivity index (χ3v) is 4.32. The molecule has 0 aliphatic carbocycles. The second-order valence-electron chi connectivity index (χ2n) is 5.26. The van der Waals surface area contributed by atoms with E-state index in [1.54, 1.807) is 0 Å². The molecule has 18 heavy (non-hydrogen) atoms. The van der Waals surface area contributed by atoms with Crippen molar-refractivity contribution in [3.05, 3.63) is 46.7 Å². The Morgan fingerprint density at radius 1 is 1.11 bits per heavy atom. The van der Waals surface area contributed by atoms with Crippen molar-refractivity contribution in [2.24, 2.45) is 0 Å². The van der Waals surface area contributed by atoms with Crippen LogP contribution in [0.1, 0.15) is 32.1 Å². The normalized spacial score (nSPS) is 11.7. The van der Waals surface area contributed by atoms with Crippen molar-refractivity contribution in [2.75, 3.05) is 0 Å². The summed E-state index contributed by atoms with van der Waals surface area (Å²) in [4.78, 5) is 1.40. The standard InChI is InChI=1S/C16H21NS/c1-4-16(2,3)17-11-15-10-14(12-18-15)13-8-6-5-7-9-13/h5-10,12,17H,4,11H2,1-3H3. The Morgan fingerprint density at radius 2 is 1.83 bits per heavy atom. The van der Waals surface area contributed by atoms with Gasteiger partial charge in [-0.15, -0.1) is 11.3 Å². The Bertz CT molecular complexity index is 485. The number of hydrogen-bond acceptors (Lipinski definition) is 2. The topological polar surface area (TPSA) is 12.0 Å². The van der Waals surface area contributed by atoms with Gasteiger partial charge < -0.3 is 5.32 Å². The van der Waals surface area contributed by atoms with Gasteiger partial charge in [-0.2, -0.15) is 0 Å². The number of nitrogens with one attached hydrogen (secondary N) is 1. The highest BCUT2D eigenvalue weighted by Crippen LogP contribution is 2.25. The first-order valence-electron chi connectivity index (χ1n) is 6.48. The maximum Gasteiger partial charge on any atom is 0.0304 e. The van der Waals surface area contributed by atoms with Gasteiger partial charge in [0.15, 0.2) is 0 Å². The molecule has 0 bridgehead atoms. The first-order valence-corrected chi connectivity index (χ1v) is 7.36. The maximum absolute atomic E-state index is 3.60. The molecular formula is C16H21NS. The van der Waals surface area contributed by atoms with Gasteiger partial charge in [-0.1, -0.05) is 37.3 Å². The summed E-state index contributed by atoms with van der Waals surface area (Å²) in [6.07, 6.45) is 1.14. The van der Waals surface area contributed by atoms with Gasteiger partial charge in [-0.3, -0.25) is 0 Å². The molecule has 1 nitrogen and oxygen atoms in total. The predicted octanol–water partition coefficient (Wildman–Crippen LogP) is 4.69. The second-order valence-corrected chi connectivity index (χ2v) is 6.25. The molecule has 0 saturated carbocycles. The molecule has 0 fully saturated rings. The van der Waals surface area contributed by atoms with Crippen LogP contribution in [0.25, 0.3) is 11.1 Å². The molecule has 1 heterocycles. The van der Waals surface area contributed by atoms with E-state index in [0.29, 0.717) is 0 Å². The molecule has 1 aromatic carbocycles. The lowest BCUT2D eigenvalue weighted by molar-refractivity contribution is 0.376. The molecule has 2 aromatic rings. The highest BCUT2D eigenvalue weighted by molar-refractivity contribution is 7.10. The summed E-state index contributed by atoms with van der Waals surface area (Å²) >= 11 is 1.83. The van der Waals surface area contributed by atoms with Crippen LogP contribution in [-0.4, -0.2) is 5.54 Å². The van der Waals surface area contributed by atoms with Crippen molar-refractivity contribution in [1.29, 1.82) is 0 Å². The molecule has 0 amide bonds. The van der Waals surface area contributed by atoms with Gasteiger partial charge in [-0.05, 0) is 42.8 Å². The van der Waals surface area contributed by atoms with Crippen LogP contribution in [0.2, 0.25) is 0 Å². The molecule has 0 unspecified atom stereocenters. The molecule has 2 rings (SSSR count). The van der Waals surface area contributed by atoms with Gasteiger partial charge in [0, 0.05) is 17.0 Å². The molecule has 0 aliphatic heterocycles. The van der Waals surface area contributed by atoms with Gasteiger partial charge in [0.25, 0.3) is 0 Å². The predicted molar refractivity (Wildman–Crippen MR) is 81.0 cm³/mol. The number of rotatable bonds is 5. The summed E-state index contributed by atoms with van der Waals surface area (Å²) in [5.41, 5.74) is 2.85. The van der Waals surface area contributed by atoms with Crippen LogP contribution in [0, 0.1) is 0 Å². The van der Waals surface area contributed by atoms with Gasteiger partial charge in [0.05, 0.1) is 0 Å². The van der Waals surface area contributed by atoms with Crippen LogP contribution in [0.15, 0.2) is 41.8 Å². The molecule has 1 aromatic heterocycles. The minimum atomic E-state index is 0.219. The summed E-state index contributed by atoms with van der Waals surface area (Å²) in [5, 5.41) is 5.84. The van der Waals surface area contributed by atoms with E-state index in [2.05, 4.69) is 67.9 Å². The summed E-state index contributed by atoms with van der Waals surface area (Å²) < 4.78 is 0. The van der Waals surface area contributed by atoms with E-state index in [1.165, 1.54) is 16.0 Å². The maximum atomic E-state index is 3.60. The zero-order valence-electron chi connectivity index (χ0n) is 11.4. The zero-order chi connectivity index (χ0) is 13.0. The average molecular weight is 259 g/mol. The average Bonchev–Trinajstić information content (AvgIpc) is 2.86. The summed E-state index contributed by atoms with van der Waals surface area (Å²) in [6, 6.07) is 12.8. The van der Waals surface area contributed by atoms with Crippen molar-refractivity contribution in [1.82, 2.24) is 5.32 Å². The molecule has 0 atom stereocenters. The van der Waals surface area contributed by atoms with E-state index in [-0.39, 0.29) is 5.54 Å². The lowest BCUT2D eigenvalue weighted by Gasteiger charge is -2.24. The molecule has 0 saturated heterocycles. The Labute approximate surface area is 114 Å². The highest BCUT2D eigenvalue weighted by atomic mass is 32.1. The third-order valence-electron chi connectivity index (χ3n) is 3.39. The van der Waals surface area contributed by atoms with Crippen LogP contribution in [-0.2, 0) is 6.54 Å². The van der Waals surface area contributed by atoms with Crippen molar-refractivity contribution in [3.8, 4) is 11.1 Å². The summed E-state index contributed by atoms with van der Waals surface area (Å²) in [7, 11) is 0. The molecule has 1 N–H and O–H groups in total. The van der Waals surface area contributed by atoms with Gasteiger partial charge in [0.1, 0.15) is 0 Å². The Morgan fingerprint density at radius 3 is 2.50 bits per heavy atom. The first-order chi connectivity index (χ1) is 8.61. The van der Waals surface area contributed by atoms with E-state index in [9.17, 15) is 0 Å². The van der Waals surface area contributed by atoms with E-state index in [4.69, 9.17) is 0 Å². The lowest BCUT2D eigenvalue weighted by Crippen LogP contribution is -2.37. The number of benzene rings is 1. The van der Waals surface area contributed by atoms with Gasteiger partial charge in [-0.25, -0.2) is 0 Å². The van der Waals surface area contributed by atoms with Crippen LogP contribution in [0.4, 0.5) is 0 Å². The number of hydrogen-bond donors (Lipinski definition) is 1. The summed E-state index contributed by atoms with van der Waals surface area (Å²) in [5.74, 6) is 0. The molecule has 0 aliphatic rings. The largest absolute Gasteiger partial charge is 0.307 e. The Balaban J connectivity index is 2.03.